The molecule has 0 radical (unpaired) electrons. The van der Waals surface area contributed by atoms with Crippen molar-refractivity contribution in [2.75, 3.05) is 33.2 Å². The maximum Gasteiger partial charge on any atom is 0.274 e. The number of para-hydroxylation sites is 1. The molecule has 2 aromatic carbocycles. The van der Waals surface area contributed by atoms with Crippen LogP contribution in [0.3, 0.4) is 0 Å². The first-order chi connectivity index (χ1) is 14.1. The molecule has 1 aliphatic rings. The van der Waals surface area contributed by atoms with Crippen LogP contribution in [0.5, 0.6) is 0 Å². The van der Waals surface area contributed by atoms with Gasteiger partial charge in [-0.15, -0.1) is 0 Å². The first-order valence-corrected chi connectivity index (χ1v) is 10.3. The van der Waals surface area contributed by atoms with Crippen molar-refractivity contribution in [3.8, 4) is 0 Å². The number of carbonyl (C=O) groups excluding carboxylic acids is 1. The van der Waals surface area contributed by atoms with Crippen LogP contribution >= 0.6 is 0 Å². The number of nitrogens with zero attached hydrogens (tertiary/aromatic N) is 3. The molecule has 1 aliphatic heterocycles. The molecule has 1 saturated heterocycles. The lowest BCUT2D eigenvalue weighted by Gasteiger charge is -2.33. The largest absolute Gasteiger partial charge is 0.340 e. The third kappa shape index (κ3) is 4.65. The molecular formula is C23H27FN4O. The van der Waals surface area contributed by atoms with Crippen molar-refractivity contribution in [1.29, 1.82) is 0 Å². The summed E-state index contributed by atoms with van der Waals surface area (Å²) >= 11 is 0. The van der Waals surface area contributed by atoms with Gasteiger partial charge >= 0.3 is 0 Å². The van der Waals surface area contributed by atoms with E-state index in [2.05, 4.69) is 15.1 Å². The quantitative estimate of drug-likeness (QED) is 0.693. The van der Waals surface area contributed by atoms with E-state index < -0.39 is 0 Å². The van der Waals surface area contributed by atoms with Crippen LogP contribution in [0.4, 0.5) is 4.39 Å². The molecular weight excluding hydrogens is 367 g/mol. The second-order valence-corrected chi connectivity index (χ2v) is 7.96. The summed E-state index contributed by atoms with van der Waals surface area (Å²) in [7, 11) is 1.87. The standard InChI is InChI=1S/C23H27FN4O/c1-27(23(29)22-20-4-2-3-5-21(20)25-26-22)16-18-11-14-28(15-12-18)13-10-17-6-8-19(24)9-7-17/h2-9,18H,10-16H2,1H3,(H,25,26). The number of carbonyl (C=O) groups is 1. The number of hydrogen-bond donors (Lipinski definition) is 1. The van der Waals surface area contributed by atoms with Gasteiger partial charge in [-0.1, -0.05) is 30.3 Å². The molecule has 0 atom stereocenters. The molecule has 1 N–H and O–H groups in total. The van der Waals surface area contributed by atoms with Gasteiger partial charge in [-0.3, -0.25) is 9.89 Å². The lowest BCUT2D eigenvalue weighted by atomic mass is 9.96. The highest BCUT2D eigenvalue weighted by Crippen LogP contribution is 2.21. The number of aromatic nitrogens is 2. The molecule has 4 rings (SSSR count). The van der Waals surface area contributed by atoms with E-state index in [1.165, 1.54) is 17.7 Å². The van der Waals surface area contributed by atoms with E-state index in [0.29, 0.717) is 11.6 Å². The van der Waals surface area contributed by atoms with Crippen LogP contribution in [0, 0.1) is 11.7 Å². The van der Waals surface area contributed by atoms with Crippen LogP contribution in [0.1, 0.15) is 28.9 Å². The Hall–Kier alpha value is -2.73. The minimum absolute atomic E-state index is 0.0267. The predicted octanol–water partition coefficient (Wildman–Crippen LogP) is 3.73. The zero-order valence-corrected chi connectivity index (χ0v) is 16.8. The molecule has 1 fully saturated rings. The van der Waals surface area contributed by atoms with Crippen molar-refractivity contribution in [3.63, 3.8) is 0 Å². The Bertz CT molecular complexity index is 960. The third-order valence-electron chi connectivity index (χ3n) is 5.89. The first kappa shape index (κ1) is 19.6. The zero-order valence-electron chi connectivity index (χ0n) is 16.8. The van der Waals surface area contributed by atoms with Crippen LogP contribution in [0.2, 0.25) is 0 Å². The SMILES string of the molecule is CN(CC1CCN(CCc2ccc(F)cc2)CC1)C(=O)c1n[nH]c2ccccc12. The summed E-state index contributed by atoms with van der Waals surface area (Å²) in [6, 6.07) is 14.5. The fourth-order valence-electron chi connectivity index (χ4n) is 4.11. The second-order valence-electron chi connectivity index (χ2n) is 7.96. The molecule has 0 spiro atoms. The molecule has 1 amide bonds. The Morgan fingerprint density at radius 2 is 1.90 bits per heavy atom. The highest BCUT2D eigenvalue weighted by atomic mass is 19.1. The average molecular weight is 394 g/mol. The molecule has 1 aromatic heterocycles. The number of nitrogens with one attached hydrogen (secondary N) is 1. The number of H-pyrrole nitrogens is 1. The minimum Gasteiger partial charge on any atom is -0.340 e. The van der Waals surface area contributed by atoms with E-state index in [1.807, 2.05) is 43.4 Å². The zero-order chi connectivity index (χ0) is 20.2. The number of likely N-dealkylation sites (tertiary alicyclic amines) is 1. The van der Waals surface area contributed by atoms with Crippen molar-refractivity contribution in [1.82, 2.24) is 20.0 Å². The van der Waals surface area contributed by atoms with E-state index in [9.17, 15) is 9.18 Å². The van der Waals surface area contributed by atoms with E-state index in [-0.39, 0.29) is 11.7 Å². The lowest BCUT2D eigenvalue weighted by Crippen LogP contribution is -2.40. The summed E-state index contributed by atoms with van der Waals surface area (Å²) in [6.07, 6.45) is 3.11. The molecule has 6 heteroatoms. The summed E-state index contributed by atoms with van der Waals surface area (Å²) < 4.78 is 13.0. The summed E-state index contributed by atoms with van der Waals surface area (Å²) in [5.41, 5.74) is 2.56. The highest BCUT2D eigenvalue weighted by Gasteiger charge is 2.24. The topological polar surface area (TPSA) is 52.2 Å². The number of rotatable bonds is 6. The Morgan fingerprint density at radius 3 is 2.66 bits per heavy atom. The van der Waals surface area contributed by atoms with Crippen LogP contribution in [0.25, 0.3) is 10.9 Å². The van der Waals surface area contributed by atoms with Gasteiger partial charge in [0.15, 0.2) is 5.69 Å². The number of halogens is 1. The van der Waals surface area contributed by atoms with E-state index in [4.69, 9.17) is 0 Å². The van der Waals surface area contributed by atoms with Crippen LogP contribution < -0.4 is 0 Å². The molecule has 29 heavy (non-hydrogen) atoms. The number of aromatic amines is 1. The first-order valence-electron chi connectivity index (χ1n) is 10.3. The highest BCUT2D eigenvalue weighted by molar-refractivity contribution is 6.04. The van der Waals surface area contributed by atoms with E-state index in [1.54, 1.807) is 4.90 Å². The molecule has 3 aromatic rings. The lowest BCUT2D eigenvalue weighted by molar-refractivity contribution is 0.0736. The van der Waals surface area contributed by atoms with Crippen molar-refractivity contribution < 1.29 is 9.18 Å². The van der Waals surface area contributed by atoms with Crippen molar-refractivity contribution in [2.24, 2.45) is 5.92 Å². The van der Waals surface area contributed by atoms with Gasteiger partial charge in [0.1, 0.15) is 5.82 Å². The van der Waals surface area contributed by atoms with Gasteiger partial charge in [0.25, 0.3) is 5.91 Å². The molecule has 2 heterocycles. The van der Waals surface area contributed by atoms with Gasteiger partial charge in [-0.05, 0) is 62.0 Å². The van der Waals surface area contributed by atoms with Crippen molar-refractivity contribution in [3.05, 3.63) is 65.6 Å². The van der Waals surface area contributed by atoms with Crippen LogP contribution in [-0.2, 0) is 6.42 Å². The van der Waals surface area contributed by atoms with E-state index >= 15 is 0 Å². The number of amides is 1. The van der Waals surface area contributed by atoms with Gasteiger partial charge < -0.3 is 9.80 Å². The number of fused-ring (bicyclic) bond motifs is 1. The Kier molecular flexibility index (Phi) is 5.90. The van der Waals surface area contributed by atoms with Crippen LogP contribution in [0.15, 0.2) is 48.5 Å². The maximum absolute atomic E-state index is 13.0. The van der Waals surface area contributed by atoms with E-state index in [0.717, 1.165) is 56.3 Å². The fourth-order valence-corrected chi connectivity index (χ4v) is 4.11. The van der Waals surface area contributed by atoms with Gasteiger partial charge in [0.05, 0.1) is 5.52 Å². The molecule has 0 bridgehead atoms. The minimum atomic E-state index is -0.184. The maximum atomic E-state index is 13.0. The molecule has 152 valence electrons. The Labute approximate surface area is 170 Å². The summed E-state index contributed by atoms with van der Waals surface area (Å²) in [5, 5.41) is 8.05. The summed E-state index contributed by atoms with van der Waals surface area (Å²) in [5.74, 6) is 0.300. The van der Waals surface area contributed by atoms with Crippen molar-refractivity contribution >= 4 is 16.8 Å². The normalized spacial score (nSPS) is 15.7. The smallest absolute Gasteiger partial charge is 0.274 e. The van der Waals surface area contributed by atoms with Gasteiger partial charge in [-0.25, -0.2) is 4.39 Å². The Morgan fingerprint density at radius 1 is 1.17 bits per heavy atom. The molecule has 0 saturated carbocycles. The van der Waals surface area contributed by atoms with Gasteiger partial charge in [-0.2, -0.15) is 5.10 Å². The Balaban J connectivity index is 1.25. The van der Waals surface area contributed by atoms with Gasteiger partial charge in [0, 0.05) is 25.5 Å². The fraction of sp³-hybridized carbons (Fsp3) is 0.391. The number of piperidine rings is 1. The third-order valence-corrected chi connectivity index (χ3v) is 5.89. The molecule has 0 unspecified atom stereocenters. The predicted molar refractivity (Wildman–Crippen MR) is 112 cm³/mol. The number of benzene rings is 2. The number of hydrogen-bond acceptors (Lipinski definition) is 3. The van der Waals surface area contributed by atoms with Crippen molar-refractivity contribution in [2.45, 2.75) is 19.3 Å². The monoisotopic (exact) mass is 394 g/mol. The van der Waals surface area contributed by atoms with Crippen LogP contribution in [-0.4, -0.2) is 59.1 Å². The second kappa shape index (κ2) is 8.74. The summed E-state index contributed by atoms with van der Waals surface area (Å²) in [4.78, 5) is 17.1. The average Bonchev–Trinajstić information content (AvgIpc) is 3.18. The molecule has 5 nitrogen and oxygen atoms in total. The molecule has 0 aliphatic carbocycles. The summed E-state index contributed by atoms with van der Waals surface area (Å²) in [6.45, 7) is 3.83. The van der Waals surface area contributed by atoms with Gasteiger partial charge in [0.2, 0.25) is 0 Å².